The number of carbonyl (C=O) groups is 3. The van der Waals surface area contributed by atoms with E-state index in [1.165, 1.54) is 0 Å². The van der Waals surface area contributed by atoms with Gasteiger partial charge in [-0.1, -0.05) is 163 Å². The third kappa shape index (κ3) is 9.64. The molecule has 49 heavy (non-hydrogen) atoms. The van der Waals surface area contributed by atoms with Crippen molar-refractivity contribution in [3.8, 4) is 0 Å². The number of benzene rings is 4. The van der Waals surface area contributed by atoms with Crippen LogP contribution < -0.4 is 16.2 Å². The minimum absolute atomic E-state index is 0.0471. The largest absolute Gasteiger partial charge is 0.512 e. The molecule has 4 aromatic rings. The van der Waals surface area contributed by atoms with Crippen LogP contribution >= 0.6 is 0 Å². The lowest BCUT2D eigenvalue weighted by Gasteiger charge is -2.50. The van der Waals surface area contributed by atoms with Gasteiger partial charge in [0.2, 0.25) is 5.91 Å². The monoisotopic (exact) mass is 676 g/mol. The van der Waals surface area contributed by atoms with Crippen LogP contribution in [0, 0.1) is 5.92 Å². The first kappa shape index (κ1) is 37.5. The zero-order chi connectivity index (χ0) is 35.7. The Morgan fingerprint density at radius 1 is 0.633 bits per heavy atom. The molecule has 0 aliphatic rings. The van der Waals surface area contributed by atoms with Gasteiger partial charge < -0.3 is 15.5 Å². The number of amides is 1. The van der Waals surface area contributed by atoms with Gasteiger partial charge in [-0.2, -0.15) is 0 Å². The van der Waals surface area contributed by atoms with Gasteiger partial charge in [0.15, 0.2) is 5.78 Å². The zero-order valence-electron chi connectivity index (χ0n) is 29.8. The second kappa shape index (κ2) is 16.4. The number of nitrogens with two attached hydrogens (primary N) is 1. The van der Waals surface area contributed by atoms with Crippen molar-refractivity contribution in [3.63, 3.8) is 0 Å². The number of rotatable bonds is 14. The molecule has 0 aliphatic heterocycles. The van der Waals surface area contributed by atoms with Gasteiger partial charge in [-0.3, -0.25) is 14.4 Å². The molecule has 0 radical (unpaired) electrons. The standard InChI is InChI=1S/C42H52N2O4Si/c1-41(2,3)49(42(4,5)6,35-25-17-10-18-26-35)48-40(47)37(29-33-23-15-9-16-24-33)44-39(46)34(27-31-19-11-7-12-20-31)30-38(45)36(43)28-32-21-13-8-14-22-32/h7-26,34,36-37H,27-30,43H2,1-6H3,(H,44,46)/t34-,36+,37+/m1/s1. The average molecular weight is 677 g/mol. The fourth-order valence-electron chi connectivity index (χ4n) is 7.12. The Morgan fingerprint density at radius 2 is 1.04 bits per heavy atom. The van der Waals surface area contributed by atoms with Crippen molar-refractivity contribution in [2.75, 3.05) is 0 Å². The van der Waals surface area contributed by atoms with Gasteiger partial charge in [-0.15, -0.1) is 0 Å². The van der Waals surface area contributed by atoms with Crippen LogP contribution in [-0.4, -0.2) is 38.1 Å². The van der Waals surface area contributed by atoms with Crippen LogP contribution in [0.1, 0.15) is 64.7 Å². The van der Waals surface area contributed by atoms with E-state index in [1.807, 2.05) is 109 Å². The second-order valence-electron chi connectivity index (χ2n) is 15.1. The molecule has 0 unspecified atom stereocenters. The second-order valence-corrected chi connectivity index (χ2v) is 20.2. The number of hydrogen-bond acceptors (Lipinski definition) is 5. The van der Waals surface area contributed by atoms with Crippen molar-refractivity contribution in [3.05, 3.63) is 138 Å². The molecule has 0 heterocycles. The van der Waals surface area contributed by atoms with Crippen molar-refractivity contribution in [1.29, 1.82) is 0 Å². The van der Waals surface area contributed by atoms with E-state index in [4.69, 9.17) is 10.2 Å². The quantitative estimate of drug-likeness (QED) is 0.139. The van der Waals surface area contributed by atoms with Gasteiger partial charge in [-0.05, 0) is 44.8 Å². The minimum Gasteiger partial charge on any atom is -0.512 e. The maximum absolute atomic E-state index is 14.6. The predicted octanol–water partition coefficient (Wildman–Crippen LogP) is 7.10. The summed E-state index contributed by atoms with van der Waals surface area (Å²) in [7, 11) is -3.11. The molecule has 7 heteroatoms. The zero-order valence-corrected chi connectivity index (χ0v) is 30.8. The highest BCUT2D eigenvalue weighted by Gasteiger charge is 2.59. The normalized spacial score (nSPS) is 13.9. The number of hydrogen-bond donors (Lipinski definition) is 2. The third-order valence-electron chi connectivity index (χ3n) is 9.29. The molecule has 0 aliphatic carbocycles. The van der Waals surface area contributed by atoms with Crippen LogP contribution in [0.3, 0.4) is 0 Å². The molecule has 3 N–H and O–H groups in total. The van der Waals surface area contributed by atoms with Crippen molar-refractivity contribution >= 4 is 31.2 Å². The van der Waals surface area contributed by atoms with Crippen LogP contribution in [-0.2, 0) is 38.1 Å². The SMILES string of the molecule is CC(C)(C)[Si](OC(=O)[C@H](Cc1ccccc1)NC(=O)[C@@H](CC(=O)[C@@H](N)Cc1ccccc1)Cc1ccccc1)(c1ccccc1)C(C)(C)C. The van der Waals surface area contributed by atoms with Gasteiger partial charge >= 0.3 is 5.97 Å². The highest BCUT2D eigenvalue weighted by Crippen LogP contribution is 2.51. The molecular formula is C42H52N2O4Si. The van der Waals surface area contributed by atoms with Crippen molar-refractivity contribution in [2.24, 2.45) is 11.7 Å². The summed E-state index contributed by atoms with van der Waals surface area (Å²) >= 11 is 0. The molecule has 258 valence electrons. The van der Waals surface area contributed by atoms with Crippen molar-refractivity contribution < 1.29 is 18.8 Å². The van der Waals surface area contributed by atoms with E-state index in [2.05, 4.69) is 59.0 Å². The third-order valence-corrected chi connectivity index (χ3v) is 15.2. The molecule has 1 amide bonds. The summed E-state index contributed by atoms with van der Waals surface area (Å²) in [6, 6.07) is 37.2. The Kier molecular flexibility index (Phi) is 12.5. The lowest BCUT2D eigenvalue weighted by molar-refractivity contribution is -0.141. The van der Waals surface area contributed by atoms with E-state index in [0.717, 1.165) is 21.9 Å². The van der Waals surface area contributed by atoms with E-state index in [0.29, 0.717) is 12.8 Å². The Hall–Kier alpha value is -4.33. The topological polar surface area (TPSA) is 98.5 Å². The Balaban J connectivity index is 1.67. The first-order valence-corrected chi connectivity index (χ1v) is 19.1. The van der Waals surface area contributed by atoms with Gasteiger partial charge in [0, 0.05) is 18.8 Å². The van der Waals surface area contributed by atoms with Gasteiger partial charge in [-0.25, -0.2) is 0 Å². The van der Waals surface area contributed by atoms with E-state index >= 15 is 0 Å². The fraction of sp³-hybridized carbons (Fsp3) is 0.357. The Morgan fingerprint density at radius 3 is 1.49 bits per heavy atom. The lowest BCUT2D eigenvalue weighted by atomic mass is 9.89. The summed E-state index contributed by atoms with van der Waals surface area (Å²) < 4.78 is 6.87. The molecule has 4 rings (SSSR count). The van der Waals surface area contributed by atoms with E-state index in [9.17, 15) is 14.4 Å². The van der Waals surface area contributed by atoms with Gasteiger partial charge in [0.25, 0.3) is 8.32 Å². The van der Waals surface area contributed by atoms with E-state index < -0.39 is 32.3 Å². The smallest absolute Gasteiger partial charge is 0.316 e. The molecular weight excluding hydrogens is 625 g/mol. The highest BCUT2D eigenvalue weighted by atomic mass is 28.4. The Labute approximate surface area is 293 Å². The molecule has 4 aromatic carbocycles. The summed E-state index contributed by atoms with van der Waals surface area (Å²) in [6.07, 6.45) is 0.914. The Bertz CT molecular complexity index is 1640. The maximum atomic E-state index is 14.6. The molecule has 0 aromatic heterocycles. The number of carbonyl (C=O) groups excluding carboxylic acids is 3. The first-order chi connectivity index (χ1) is 23.2. The van der Waals surface area contributed by atoms with E-state index in [1.54, 1.807) is 0 Å². The summed E-state index contributed by atoms with van der Waals surface area (Å²) in [5, 5.41) is 3.35. The summed E-state index contributed by atoms with van der Waals surface area (Å²) in [6.45, 7) is 12.8. The first-order valence-electron chi connectivity index (χ1n) is 17.2. The molecule has 0 saturated carbocycles. The molecule has 0 fully saturated rings. The summed E-state index contributed by atoms with van der Waals surface area (Å²) in [5.74, 6) is -1.77. The molecule has 0 spiro atoms. The summed E-state index contributed by atoms with van der Waals surface area (Å²) in [5.41, 5.74) is 9.17. The number of nitrogens with one attached hydrogen (secondary N) is 1. The van der Waals surface area contributed by atoms with Crippen LogP contribution in [0.4, 0.5) is 0 Å². The molecule has 0 saturated heterocycles. The molecule has 0 bridgehead atoms. The van der Waals surface area contributed by atoms with Gasteiger partial charge in [0.1, 0.15) is 6.04 Å². The van der Waals surface area contributed by atoms with E-state index in [-0.39, 0.29) is 34.6 Å². The maximum Gasteiger partial charge on any atom is 0.316 e. The van der Waals surface area contributed by atoms with Crippen molar-refractivity contribution in [1.82, 2.24) is 5.32 Å². The van der Waals surface area contributed by atoms with Crippen molar-refractivity contribution in [2.45, 2.75) is 89.4 Å². The summed E-state index contributed by atoms with van der Waals surface area (Å²) in [4.78, 5) is 42.4. The minimum atomic E-state index is -3.11. The number of ketones is 1. The number of Topliss-reactive ketones (excluding diaryl/α,β-unsaturated/α-hetero) is 1. The molecule has 6 nitrogen and oxygen atoms in total. The van der Waals surface area contributed by atoms with Crippen LogP contribution in [0.25, 0.3) is 0 Å². The molecule has 3 atom stereocenters. The fourth-order valence-corrected chi connectivity index (χ4v) is 12.9. The average Bonchev–Trinajstić information content (AvgIpc) is 3.07. The predicted molar refractivity (Wildman–Crippen MR) is 201 cm³/mol. The highest BCUT2D eigenvalue weighted by molar-refractivity contribution is 6.92. The van der Waals surface area contributed by atoms with Crippen LogP contribution in [0.2, 0.25) is 10.1 Å². The van der Waals surface area contributed by atoms with Crippen LogP contribution in [0.5, 0.6) is 0 Å². The van der Waals surface area contributed by atoms with Crippen LogP contribution in [0.15, 0.2) is 121 Å². The lowest BCUT2D eigenvalue weighted by Crippen LogP contribution is -2.66. The van der Waals surface area contributed by atoms with Gasteiger partial charge in [0.05, 0.1) is 6.04 Å².